The summed E-state index contributed by atoms with van der Waals surface area (Å²) in [5, 5.41) is 12.6. The van der Waals surface area contributed by atoms with Gasteiger partial charge in [-0.1, -0.05) is 0 Å². The van der Waals surface area contributed by atoms with Crippen LogP contribution in [-0.2, 0) is 20.9 Å². The number of nitrogens with zero attached hydrogens (tertiary/aromatic N) is 2. The molecule has 0 bridgehead atoms. The van der Waals surface area contributed by atoms with E-state index < -0.39 is 31.1 Å². The number of ether oxygens (including phenoxy) is 1. The smallest absolute Gasteiger partial charge is 0.329 e. The lowest BCUT2D eigenvalue weighted by Gasteiger charge is -2.06. The van der Waals surface area contributed by atoms with E-state index in [0.717, 1.165) is 0 Å². The molecule has 0 saturated heterocycles. The third kappa shape index (κ3) is 6.68. The molecule has 3 amide bonds. The molecule has 0 spiro atoms. The molecular weight excluding hydrogens is 256 g/mol. The Kier molecular flexibility index (Phi) is 5.89. The number of nitrogens with one attached hydrogen (secondary N) is 2. The second kappa shape index (κ2) is 7.71. The molecule has 0 fully saturated rings. The van der Waals surface area contributed by atoms with E-state index in [2.05, 4.69) is 20.0 Å². The number of carbonyl (C=O) groups is 3. The molecule has 0 saturated carbocycles. The number of aromatic nitrogens is 2. The van der Waals surface area contributed by atoms with Gasteiger partial charge in [0.1, 0.15) is 19.5 Å². The first-order chi connectivity index (χ1) is 9.08. The zero-order valence-corrected chi connectivity index (χ0v) is 9.83. The van der Waals surface area contributed by atoms with Gasteiger partial charge in [-0.15, -0.1) is 0 Å². The molecule has 0 aliphatic heterocycles. The van der Waals surface area contributed by atoms with Gasteiger partial charge in [0.05, 0.1) is 12.2 Å². The van der Waals surface area contributed by atoms with Crippen LogP contribution in [0.25, 0.3) is 0 Å². The van der Waals surface area contributed by atoms with Crippen LogP contribution < -0.4 is 10.6 Å². The van der Waals surface area contributed by atoms with E-state index >= 15 is 0 Å². The zero-order chi connectivity index (χ0) is 14.1. The van der Waals surface area contributed by atoms with Gasteiger partial charge in [0.15, 0.2) is 0 Å². The molecule has 1 aromatic rings. The Hall–Kier alpha value is -2.55. The molecule has 19 heavy (non-hydrogen) atoms. The van der Waals surface area contributed by atoms with Crippen molar-refractivity contribution in [1.29, 1.82) is 0 Å². The van der Waals surface area contributed by atoms with Crippen LogP contribution in [0.4, 0.5) is 4.79 Å². The largest absolute Gasteiger partial charge is 0.480 e. The average Bonchev–Trinajstić information content (AvgIpc) is 2.37. The summed E-state index contributed by atoms with van der Waals surface area (Å²) < 4.78 is 4.51. The highest BCUT2D eigenvalue weighted by Crippen LogP contribution is 1.89. The van der Waals surface area contributed by atoms with Gasteiger partial charge in [0.2, 0.25) is 0 Å². The molecule has 1 rings (SSSR count). The summed E-state index contributed by atoms with van der Waals surface area (Å²) in [6, 6.07) is 0.889. The van der Waals surface area contributed by atoms with Crippen molar-refractivity contribution in [2.45, 2.75) is 6.54 Å². The highest BCUT2D eigenvalue weighted by atomic mass is 16.5. The van der Waals surface area contributed by atoms with Crippen molar-refractivity contribution in [1.82, 2.24) is 20.6 Å². The Morgan fingerprint density at radius 2 is 2.11 bits per heavy atom. The maximum atomic E-state index is 11.3. The van der Waals surface area contributed by atoms with Gasteiger partial charge in [-0.05, 0) is 6.07 Å². The monoisotopic (exact) mass is 268 g/mol. The Morgan fingerprint density at radius 3 is 2.74 bits per heavy atom. The van der Waals surface area contributed by atoms with Crippen molar-refractivity contribution in [2.75, 3.05) is 13.2 Å². The molecule has 0 radical (unpaired) electrons. The lowest BCUT2D eigenvalue weighted by atomic mass is 10.4. The molecule has 9 heteroatoms. The predicted molar refractivity (Wildman–Crippen MR) is 60.9 cm³/mol. The van der Waals surface area contributed by atoms with E-state index in [0.29, 0.717) is 5.69 Å². The van der Waals surface area contributed by atoms with Crippen molar-refractivity contribution >= 4 is 17.9 Å². The minimum Gasteiger partial charge on any atom is -0.480 e. The van der Waals surface area contributed by atoms with E-state index in [4.69, 9.17) is 5.11 Å². The quantitative estimate of drug-likeness (QED) is 0.597. The summed E-state index contributed by atoms with van der Waals surface area (Å²) in [6.45, 7) is -0.971. The van der Waals surface area contributed by atoms with Crippen LogP contribution in [0.3, 0.4) is 0 Å². The lowest BCUT2D eigenvalue weighted by Crippen LogP contribution is -2.41. The third-order valence-electron chi connectivity index (χ3n) is 1.78. The van der Waals surface area contributed by atoms with Crippen LogP contribution in [0.5, 0.6) is 0 Å². The van der Waals surface area contributed by atoms with E-state index in [9.17, 15) is 14.4 Å². The Balaban J connectivity index is 2.20. The summed E-state index contributed by atoms with van der Waals surface area (Å²) in [7, 11) is 0. The fraction of sp³-hybridized carbons (Fsp3) is 0.300. The first-order valence-corrected chi connectivity index (χ1v) is 5.20. The van der Waals surface area contributed by atoms with Gasteiger partial charge >= 0.3 is 12.0 Å². The normalized spacial score (nSPS) is 9.68. The highest BCUT2D eigenvalue weighted by Gasteiger charge is 2.08. The van der Waals surface area contributed by atoms with Crippen LogP contribution >= 0.6 is 0 Å². The molecule has 102 valence electrons. The highest BCUT2D eigenvalue weighted by molar-refractivity contribution is 5.94. The molecule has 0 aliphatic rings. The summed E-state index contributed by atoms with van der Waals surface area (Å²) in [6.07, 6.45) is 2.85. The number of carboxylic acid groups (broad SMARTS) is 1. The molecule has 9 nitrogen and oxygen atoms in total. The summed E-state index contributed by atoms with van der Waals surface area (Å²) >= 11 is 0. The maximum absolute atomic E-state index is 11.3. The van der Waals surface area contributed by atoms with Gasteiger partial charge in [-0.25, -0.2) is 19.6 Å². The van der Waals surface area contributed by atoms with Crippen molar-refractivity contribution in [3.63, 3.8) is 0 Å². The first kappa shape index (κ1) is 14.5. The minimum atomic E-state index is -1.19. The molecule has 0 unspecified atom stereocenters. The number of amides is 3. The predicted octanol–water partition coefficient (Wildman–Crippen LogP) is -1.10. The van der Waals surface area contributed by atoms with Gasteiger partial charge in [0, 0.05) is 6.20 Å². The zero-order valence-electron chi connectivity index (χ0n) is 9.83. The SMILES string of the molecule is O=C(O)COCC(=O)NC(=O)NCc1ccncn1. The van der Waals surface area contributed by atoms with Crippen molar-refractivity contribution in [3.05, 3.63) is 24.3 Å². The van der Waals surface area contributed by atoms with Gasteiger partial charge in [-0.3, -0.25) is 10.1 Å². The summed E-state index contributed by atoms with van der Waals surface area (Å²) in [5.41, 5.74) is 0.583. The molecular formula is C10H12N4O5. The van der Waals surface area contributed by atoms with E-state index in [1.807, 2.05) is 5.32 Å². The average molecular weight is 268 g/mol. The van der Waals surface area contributed by atoms with E-state index in [-0.39, 0.29) is 6.54 Å². The number of urea groups is 1. The molecule has 0 aliphatic carbocycles. The molecule has 0 atom stereocenters. The van der Waals surface area contributed by atoms with Gasteiger partial charge in [0.25, 0.3) is 5.91 Å². The minimum absolute atomic E-state index is 0.137. The van der Waals surface area contributed by atoms with Crippen molar-refractivity contribution in [2.24, 2.45) is 0 Å². The summed E-state index contributed by atoms with van der Waals surface area (Å²) in [5.74, 6) is -1.93. The van der Waals surface area contributed by atoms with Crippen LogP contribution in [0.15, 0.2) is 18.6 Å². The van der Waals surface area contributed by atoms with Crippen LogP contribution in [-0.4, -0.2) is 46.2 Å². The number of rotatable bonds is 6. The number of hydrogen-bond donors (Lipinski definition) is 3. The number of aliphatic carboxylic acids is 1. The maximum Gasteiger partial charge on any atom is 0.329 e. The van der Waals surface area contributed by atoms with Crippen LogP contribution in [0, 0.1) is 0 Å². The molecule has 0 aromatic carbocycles. The number of hydrogen-bond acceptors (Lipinski definition) is 6. The topological polar surface area (TPSA) is 131 Å². The van der Waals surface area contributed by atoms with Crippen molar-refractivity contribution < 1.29 is 24.2 Å². The summed E-state index contributed by atoms with van der Waals surface area (Å²) in [4.78, 5) is 40.1. The van der Waals surface area contributed by atoms with Gasteiger partial charge < -0.3 is 15.2 Å². The lowest BCUT2D eigenvalue weighted by molar-refractivity contribution is -0.143. The van der Waals surface area contributed by atoms with Gasteiger partial charge in [-0.2, -0.15) is 0 Å². The first-order valence-electron chi connectivity index (χ1n) is 5.20. The standard InChI is InChI=1S/C10H12N4O5/c15-8(4-19-5-9(16)17)14-10(18)12-3-7-1-2-11-6-13-7/h1-2,6H,3-5H2,(H,16,17)(H2,12,14,15,18). The second-order valence-electron chi connectivity index (χ2n) is 3.32. The molecule has 1 aromatic heterocycles. The third-order valence-corrected chi connectivity index (χ3v) is 1.78. The van der Waals surface area contributed by atoms with E-state index in [1.165, 1.54) is 12.5 Å². The fourth-order valence-electron chi connectivity index (χ4n) is 1.03. The number of carbonyl (C=O) groups excluding carboxylic acids is 2. The molecule has 3 N–H and O–H groups in total. The fourth-order valence-corrected chi connectivity index (χ4v) is 1.03. The Bertz CT molecular complexity index is 450. The van der Waals surface area contributed by atoms with E-state index in [1.54, 1.807) is 6.07 Å². The van der Waals surface area contributed by atoms with Crippen LogP contribution in [0.2, 0.25) is 0 Å². The van der Waals surface area contributed by atoms with Crippen molar-refractivity contribution in [3.8, 4) is 0 Å². The Morgan fingerprint density at radius 1 is 1.32 bits per heavy atom. The second-order valence-corrected chi connectivity index (χ2v) is 3.32. The number of imide groups is 1. The molecule has 1 heterocycles. The number of carboxylic acids is 1. The van der Waals surface area contributed by atoms with Crippen LogP contribution in [0.1, 0.15) is 5.69 Å². The Labute approximate surface area is 108 Å².